The van der Waals surface area contributed by atoms with Gasteiger partial charge >= 0.3 is 5.97 Å². The molecule has 0 saturated heterocycles. The van der Waals surface area contributed by atoms with E-state index in [1.807, 2.05) is 23.9 Å². The van der Waals surface area contributed by atoms with Gasteiger partial charge in [0.05, 0.1) is 12.2 Å². The zero-order valence-electron chi connectivity index (χ0n) is 19.4. The third-order valence-corrected chi connectivity index (χ3v) is 6.53. The number of benzene rings is 2. The molecule has 1 aliphatic heterocycles. The smallest absolute Gasteiger partial charge is 0.338 e. The largest absolute Gasteiger partial charge is 0.487 e. The molecule has 2 aromatic rings. The molecule has 0 amide bonds. The van der Waals surface area contributed by atoms with Crippen LogP contribution in [0.25, 0.3) is 0 Å². The van der Waals surface area contributed by atoms with Gasteiger partial charge in [0.25, 0.3) is 0 Å². The second-order valence-corrected chi connectivity index (χ2v) is 10.3. The van der Waals surface area contributed by atoms with Gasteiger partial charge in [-0.1, -0.05) is 32.6 Å². The van der Waals surface area contributed by atoms with E-state index in [0.29, 0.717) is 12.2 Å². The molecule has 0 saturated carbocycles. The highest BCUT2D eigenvalue weighted by Gasteiger charge is 2.39. The zero-order chi connectivity index (χ0) is 22.6. The summed E-state index contributed by atoms with van der Waals surface area (Å²) in [7, 11) is 0. The van der Waals surface area contributed by atoms with Crippen LogP contribution in [-0.2, 0) is 10.2 Å². The molecule has 164 valence electrons. The highest BCUT2D eigenvalue weighted by Crippen LogP contribution is 2.46. The van der Waals surface area contributed by atoms with Gasteiger partial charge < -0.3 is 9.47 Å². The fourth-order valence-electron chi connectivity index (χ4n) is 4.14. The third-order valence-electron chi connectivity index (χ3n) is 5.26. The molecular weight excluding hydrogens is 404 g/mol. The van der Waals surface area contributed by atoms with E-state index < -0.39 is 0 Å². The molecule has 1 heterocycles. The van der Waals surface area contributed by atoms with Crippen molar-refractivity contribution in [3.63, 3.8) is 0 Å². The van der Waals surface area contributed by atoms with Gasteiger partial charge in [0.1, 0.15) is 11.4 Å². The first-order valence-corrected chi connectivity index (χ1v) is 11.9. The van der Waals surface area contributed by atoms with Gasteiger partial charge in [-0.05, 0) is 81.2 Å². The van der Waals surface area contributed by atoms with Gasteiger partial charge in [0.15, 0.2) is 0 Å². The van der Waals surface area contributed by atoms with E-state index in [1.54, 1.807) is 19.1 Å². The van der Waals surface area contributed by atoms with Gasteiger partial charge in [-0.25, -0.2) is 4.79 Å². The summed E-state index contributed by atoms with van der Waals surface area (Å²) in [6.45, 7) is 13.2. The standard InChI is InChI=1S/C27H32O3S/c1-7-15-31-24-17-23-22(26(3,4)18-27(5,6)30-23)16-21(24)14-11-19-9-12-20(13-10-19)25(28)29-8-2/h9-10,12-13,16-17H,7-8,15,18H2,1-6H3. The molecule has 0 radical (unpaired) electrons. The molecule has 3 rings (SSSR count). The highest BCUT2D eigenvalue weighted by atomic mass is 32.2. The number of esters is 1. The Morgan fingerprint density at radius 1 is 1.10 bits per heavy atom. The van der Waals surface area contributed by atoms with Gasteiger partial charge in [0, 0.05) is 21.6 Å². The molecule has 0 unspecified atom stereocenters. The van der Waals surface area contributed by atoms with Crippen LogP contribution >= 0.6 is 11.8 Å². The van der Waals surface area contributed by atoms with Crippen molar-refractivity contribution in [1.29, 1.82) is 0 Å². The summed E-state index contributed by atoms with van der Waals surface area (Å²) in [5.74, 6) is 8.36. The number of rotatable bonds is 5. The SMILES string of the molecule is CCCSc1cc2c(cc1C#Cc1ccc(C(=O)OCC)cc1)C(C)(C)CC(C)(C)O2. The summed E-state index contributed by atoms with van der Waals surface area (Å²) in [5.41, 5.74) is 3.49. The lowest BCUT2D eigenvalue weighted by Gasteiger charge is -2.42. The molecule has 0 atom stereocenters. The van der Waals surface area contributed by atoms with Crippen molar-refractivity contribution >= 4 is 17.7 Å². The lowest BCUT2D eigenvalue weighted by atomic mass is 9.73. The fraction of sp³-hybridized carbons (Fsp3) is 0.444. The summed E-state index contributed by atoms with van der Waals surface area (Å²) in [6, 6.07) is 11.6. The molecule has 0 bridgehead atoms. The Morgan fingerprint density at radius 3 is 2.45 bits per heavy atom. The fourth-order valence-corrected chi connectivity index (χ4v) is 5.02. The molecule has 0 aliphatic carbocycles. The Balaban J connectivity index is 1.97. The van der Waals surface area contributed by atoms with Crippen molar-refractivity contribution in [3.8, 4) is 17.6 Å². The normalized spacial score (nSPS) is 15.8. The number of hydrogen-bond donors (Lipinski definition) is 0. The Kier molecular flexibility index (Phi) is 7.06. The average Bonchev–Trinajstić information content (AvgIpc) is 2.70. The summed E-state index contributed by atoms with van der Waals surface area (Å²) in [4.78, 5) is 13.0. The van der Waals surface area contributed by atoms with Crippen LogP contribution in [0.1, 0.15) is 81.4 Å². The molecule has 3 nitrogen and oxygen atoms in total. The van der Waals surface area contributed by atoms with Crippen molar-refractivity contribution in [3.05, 3.63) is 58.7 Å². The Bertz CT molecular complexity index is 1010. The molecule has 1 aliphatic rings. The van der Waals surface area contributed by atoms with E-state index in [2.05, 4.69) is 58.6 Å². The molecule has 2 aromatic carbocycles. The highest BCUT2D eigenvalue weighted by molar-refractivity contribution is 7.99. The van der Waals surface area contributed by atoms with E-state index in [9.17, 15) is 4.79 Å². The summed E-state index contributed by atoms with van der Waals surface area (Å²) in [6.07, 6.45) is 2.05. The van der Waals surface area contributed by atoms with E-state index in [1.165, 1.54) is 5.56 Å². The minimum Gasteiger partial charge on any atom is -0.487 e. The van der Waals surface area contributed by atoms with Crippen LogP contribution in [0.5, 0.6) is 5.75 Å². The van der Waals surface area contributed by atoms with E-state index in [0.717, 1.165) is 40.4 Å². The van der Waals surface area contributed by atoms with Crippen molar-refractivity contribution in [2.24, 2.45) is 0 Å². The lowest BCUT2D eigenvalue weighted by molar-refractivity contribution is 0.0521. The van der Waals surface area contributed by atoms with Gasteiger partial charge in [-0.15, -0.1) is 11.8 Å². The van der Waals surface area contributed by atoms with Crippen LogP contribution in [0.2, 0.25) is 0 Å². The number of thioether (sulfide) groups is 1. The third kappa shape index (κ3) is 5.66. The first kappa shape index (κ1) is 23.3. The van der Waals surface area contributed by atoms with Crippen molar-refractivity contribution in [2.75, 3.05) is 12.4 Å². The monoisotopic (exact) mass is 436 g/mol. The summed E-state index contributed by atoms with van der Waals surface area (Å²) < 4.78 is 11.4. The molecule has 0 spiro atoms. The molecule has 0 N–H and O–H groups in total. The first-order valence-electron chi connectivity index (χ1n) is 10.9. The van der Waals surface area contributed by atoms with Crippen molar-refractivity contribution in [2.45, 2.75) is 70.3 Å². The maximum Gasteiger partial charge on any atom is 0.338 e. The zero-order valence-corrected chi connectivity index (χ0v) is 20.2. The lowest BCUT2D eigenvalue weighted by Crippen LogP contribution is -2.41. The van der Waals surface area contributed by atoms with Gasteiger partial charge in [-0.2, -0.15) is 0 Å². The Morgan fingerprint density at radius 2 is 1.81 bits per heavy atom. The Labute approximate surface area is 190 Å². The molecule has 31 heavy (non-hydrogen) atoms. The summed E-state index contributed by atoms with van der Waals surface area (Å²) >= 11 is 1.82. The number of fused-ring (bicyclic) bond motifs is 1. The first-order chi connectivity index (χ1) is 14.6. The van der Waals surface area contributed by atoms with Crippen LogP contribution in [0.3, 0.4) is 0 Å². The minimum absolute atomic E-state index is 0.0166. The second-order valence-electron chi connectivity index (χ2n) is 9.16. The van der Waals surface area contributed by atoms with E-state index in [4.69, 9.17) is 9.47 Å². The molecule has 0 fully saturated rings. The summed E-state index contributed by atoms with van der Waals surface area (Å²) in [5, 5.41) is 0. The van der Waals surface area contributed by atoms with Crippen LogP contribution in [0, 0.1) is 11.8 Å². The van der Waals surface area contributed by atoms with Gasteiger partial charge in [0.2, 0.25) is 0 Å². The predicted octanol–water partition coefficient (Wildman–Crippen LogP) is 6.60. The topological polar surface area (TPSA) is 35.5 Å². The number of hydrogen-bond acceptors (Lipinski definition) is 4. The van der Waals surface area contributed by atoms with E-state index in [-0.39, 0.29) is 17.0 Å². The number of carbonyl (C=O) groups excluding carboxylic acids is 1. The maximum absolute atomic E-state index is 11.9. The minimum atomic E-state index is -0.305. The van der Waals surface area contributed by atoms with Crippen LogP contribution < -0.4 is 4.74 Å². The molecule has 4 heteroatoms. The van der Waals surface area contributed by atoms with Gasteiger partial charge in [-0.3, -0.25) is 0 Å². The van der Waals surface area contributed by atoms with Crippen LogP contribution in [-0.4, -0.2) is 23.9 Å². The van der Waals surface area contributed by atoms with Crippen LogP contribution in [0.15, 0.2) is 41.3 Å². The maximum atomic E-state index is 11.9. The van der Waals surface area contributed by atoms with Crippen molar-refractivity contribution in [1.82, 2.24) is 0 Å². The van der Waals surface area contributed by atoms with Crippen molar-refractivity contribution < 1.29 is 14.3 Å². The second kappa shape index (κ2) is 9.40. The van der Waals surface area contributed by atoms with E-state index >= 15 is 0 Å². The van der Waals surface area contributed by atoms with Crippen LogP contribution in [0.4, 0.5) is 0 Å². The molecular formula is C27H32O3S. The number of ether oxygens (including phenoxy) is 2. The average molecular weight is 437 g/mol. The Hall–Kier alpha value is -2.38. The quantitative estimate of drug-likeness (QED) is 0.300. The number of carbonyl (C=O) groups is 1. The molecule has 0 aromatic heterocycles. The predicted molar refractivity (Wildman–Crippen MR) is 128 cm³/mol.